The molecule has 20 heavy (non-hydrogen) atoms. The van der Waals surface area contributed by atoms with E-state index in [-0.39, 0.29) is 11.7 Å². The molecule has 6 nitrogen and oxygen atoms in total. The first-order valence-corrected chi connectivity index (χ1v) is 7.65. The van der Waals surface area contributed by atoms with Crippen LogP contribution in [0, 0.1) is 5.82 Å². The van der Waals surface area contributed by atoms with E-state index in [0.29, 0.717) is 13.2 Å². The van der Waals surface area contributed by atoms with Crippen LogP contribution in [0.3, 0.4) is 0 Å². The number of carbonyl (C=O) groups excluding carboxylic acids is 1. The lowest BCUT2D eigenvalue weighted by atomic mass is 10.2. The fourth-order valence-corrected chi connectivity index (χ4v) is 2.61. The summed E-state index contributed by atoms with van der Waals surface area (Å²) < 4.78 is 41.1. The molecule has 1 aromatic carbocycles. The van der Waals surface area contributed by atoms with Crippen LogP contribution < -0.4 is 10.5 Å². The molecule has 3 N–H and O–H groups in total. The summed E-state index contributed by atoms with van der Waals surface area (Å²) in [4.78, 5) is 11.2. The Morgan fingerprint density at radius 2 is 2.25 bits per heavy atom. The van der Waals surface area contributed by atoms with E-state index in [0.717, 1.165) is 25.0 Å². The highest BCUT2D eigenvalue weighted by Gasteiger charge is 2.19. The van der Waals surface area contributed by atoms with Crippen molar-refractivity contribution in [3.05, 3.63) is 29.6 Å². The van der Waals surface area contributed by atoms with Crippen molar-refractivity contribution >= 4 is 15.9 Å². The predicted octanol–water partition coefficient (Wildman–Crippen LogP) is 0.382. The number of benzene rings is 1. The number of nitrogens with one attached hydrogen (secondary N) is 1. The second kappa shape index (κ2) is 5.86. The van der Waals surface area contributed by atoms with Crippen molar-refractivity contribution in [1.82, 2.24) is 5.32 Å². The molecule has 0 spiro atoms. The predicted molar refractivity (Wildman–Crippen MR) is 69.1 cm³/mol. The molecule has 1 unspecified atom stereocenters. The molecule has 1 heterocycles. The van der Waals surface area contributed by atoms with E-state index in [1.165, 1.54) is 6.07 Å². The first-order valence-electron chi connectivity index (χ1n) is 6.10. The zero-order chi connectivity index (χ0) is 14.8. The van der Waals surface area contributed by atoms with E-state index in [1.54, 1.807) is 0 Å². The monoisotopic (exact) mass is 302 g/mol. The minimum absolute atomic E-state index is 0.0305. The molecule has 2 rings (SSSR count). The number of carbonyl (C=O) groups is 1. The van der Waals surface area contributed by atoms with Crippen molar-refractivity contribution in [1.29, 1.82) is 0 Å². The van der Waals surface area contributed by atoms with Crippen LogP contribution in [0.5, 0.6) is 0 Å². The summed E-state index contributed by atoms with van der Waals surface area (Å²) in [6.07, 6.45) is 1.79. The second-order valence-electron chi connectivity index (χ2n) is 4.54. The molecule has 1 aliphatic rings. The topological polar surface area (TPSA) is 98.5 Å². The summed E-state index contributed by atoms with van der Waals surface area (Å²) in [7, 11) is -4.20. The van der Waals surface area contributed by atoms with Gasteiger partial charge in [-0.25, -0.2) is 17.9 Å². The van der Waals surface area contributed by atoms with Gasteiger partial charge in [0.1, 0.15) is 10.7 Å². The Morgan fingerprint density at radius 1 is 1.50 bits per heavy atom. The number of hydrogen-bond acceptors (Lipinski definition) is 4. The van der Waals surface area contributed by atoms with Crippen molar-refractivity contribution < 1.29 is 22.3 Å². The Hall–Kier alpha value is -1.51. The highest BCUT2D eigenvalue weighted by Crippen LogP contribution is 2.15. The van der Waals surface area contributed by atoms with Gasteiger partial charge in [-0.15, -0.1) is 0 Å². The fourth-order valence-electron chi connectivity index (χ4n) is 1.98. The number of primary sulfonamides is 1. The Morgan fingerprint density at radius 3 is 2.85 bits per heavy atom. The average molecular weight is 302 g/mol. The van der Waals surface area contributed by atoms with Gasteiger partial charge in [-0.05, 0) is 31.0 Å². The maximum absolute atomic E-state index is 13.3. The third kappa shape index (κ3) is 3.53. The number of halogens is 1. The highest BCUT2D eigenvalue weighted by atomic mass is 32.2. The lowest BCUT2D eigenvalue weighted by Gasteiger charge is -2.11. The Balaban J connectivity index is 2.10. The third-order valence-electron chi connectivity index (χ3n) is 3.01. The number of rotatable bonds is 4. The van der Waals surface area contributed by atoms with Crippen LogP contribution in [0.2, 0.25) is 0 Å². The summed E-state index contributed by atoms with van der Waals surface area (Å²) >= 11 is 0. The molecule has 0 saturated carbocycles. The van der Waals surface area contributed by atoms with Crippen LogP contribution in [0.25, 0.3) is 0 Å². The van der Waals surface area contributed by atoms with Crippen LogP contribution in [0.1, 0.15) is 23.2 Å². The summed E-state index contributed by atoms with van der Waals surface area (Å²) in [5.74, 6) is -1.48. The van der Waals surface area contributed by atoms with Gasteiger partial charge in [-0.1, -0.05) is 0 Å². The van der Waals surface area contributed by atoms with E-state index >= 15 is 0 Å². The molecule has 8 heteroatoms. The second-order valence-corrected chi connectivity index (χ2v) is 6.07. The summed E-state index contributed by atoms with van der Waals surface area (Å²) in [6.45, 7) is 1.01. The normalized spacial score (nSPS) is 19.0. The van der Waals surface area contributed by atoms with Crippen LogP contribution in [-0.4, -0.2) is 33.6 Å². The van der Waals surface area contributed by atoms with E-state index in [9.17, 15) is 17.6 Å². The lowest BCUT2D eigenvalue weighted by molar-refractivity contribution is 0.0857. The fraction of sp³-hybridized carbons (Fsp3) is 0.417. The van der Waals surface area contributed by atoms with Crippen molar-refractivity contribution in [2.75, 3.05) is 13.2 Å². The van der Waals surface area contributed by atoms with Gasteiger partial charge in [0.15, 0.2) is 0 Å². The number of nitrogens with two attached hydrogens (primary N) is 1. The van der Waals surface area contributed by atoms with Gasteiger partial charge in [0.25, 0.3) is 5.91 Å². The van der Waals surface area contributed by atoms with Crippen LogP contribution in [0.15, 0.2) is 23.1 Å². The van der Waals surface area contributed by atoms with E-state index in [1.807, 2.05) is 0 Å². The molecule has 0 bridgehead atoms. The van der Waals surface area contributed by atoms with Crippen molar-refractivity contribution in [3.63, 3.8) is 0 Å². The number of hydrogen-bond donors (Lipinski definition) is 2. The lowest BCUT2D eigenvalue weighted by Crippen LogP contribution is -2.32. The SMILES string of the molecule is NS(=O)(=O)c1cc(C(=O)NCC2CCCO2)ccc1F. The first-order chi connectivity index (χ1) is 9.38. The van der Waals surface area contributed by atoms with Crippen LogP contribution >= 0.6 is 0 Å². The standard InChI is InChI=1S/C12H15FN2O4S/c13-10-4-3-8(6-11(10)20(14,17)18)12(16)15-7-9-2-1-5-19-9/h3-4,6,9H,1-2,5,7H2,(H,15,16)(H2,14,17,18). The molecular formula is C12H15FN2O4S. The molecule has 1 aromatic rings. The zero-order valence-corrected chi connectivity index (χ0v) is 11.5. The highest BCUT2D eigenvalue weighted by molar-refractivity contribution is 7.89. The number of ether oxygens (including phenoxy) is 1. The molecule has 0 aromatic heterocycles. The third-order valence-corrected chi connectivity index (χ3v) is 3.94. The first kappa shape index (κ1) is 14.9. The molecule has 1 fully saturated rings. The minimum atomic E-state index is -4.20. The average Bonchev–Trinajstić information content (AvgIpc) is 2.88. The largest absolute Gasteiger partial charge is 0.376 e. The maximum Gasteiger partial charge on any atom is 0.251 e. The van der Waals surface area contributed by atoms with E-state index < -0.39 is 26.6 Å². The Bertz CT molecular complexity index is 612. The smallest absolute Gasteiger partial charge is 0.251 e. The Kier molecular flexibility index (Phi) is 4.36. The van der Waals surface area contributed by atoms with E-state index in [2.05, 4.69) is 5.32 Å². The molecule has 1 aliphatic heterocycles. The van der Waals surface area contributed by atoms with Gasteiger partial charge >= 0.3 is 0 Å². The molecule has 1 amide bonds. The van der Waals surface area contributed by atoms with Crippen molar-refractivity contribution in [3.8, 4) is 0 Å². The molecule has 1 atom stereocenters. The molecule has 1 saturated heterocycles. The van der Waals surface area contributed by atoms with Crippen LogP contribution in [-0.2, 0) is 14.8 Å². The van der Waals surface area contributed by atoms with Gasteiger partial charge in [-0.2, -0.15) is 0 Å². The van der Waals surface area contributed by atoms with E-state index in [4.69, 9.17) is 9.88 Å². The molecule has 0 radical (unpaired) electrons. The zero-order valence-electron chi connectivity index (χ0n) is 10.6. The molecule has 110 valence electrons. The maximum atomic E-state index is 13.3. The van der Waals surface area contributed by atoms with Gasteiger partial charge in [0, 0.05) is 18.7 Å². The molecule has 0 aliphatic carbocycles. The van der Waals surface area contributed by atoms with Crippen molar-refractivity contribution in [2.45, 2.75) is 23.8 Å². The van der Waals surface area contributed by atoms with Gasteiger partial charge in [0.05, 0.1) is 6.10 Å². The summed E-state index contributed by atoms with van der Waals surface area (Å²) in [5.41, 5.74) is 0.0356. The van der Waals surface area contributed by atoms with Crippen LogP contribution in [0.4, 0.5) is 4.39 Å². The van der Waals surface area contributed by atoms with Crippen molar-refractivity contribution in [2.24, 2.45) is 5.14 Å². The Labute approximate surface area is 116 Å². The van der Waals surface area contributed by atoms with Gasteiger partial charge in [-0.3, -0.25) is 4.79 Å². The summed E-state index contributed by atoms with van der Waals surface area (Å²) in [5, 5.41) is 7.50. The van der Waals surface area contributed by atoms with Gasteiger partial charge in [0.2, 0.25) is 10.0 Å². The quantitative estimate of drug-likeness (QED) is 0.840. The minimum Gasteiger partial charge on any atom is -0.376 e. The number of sulfonamides is 1. The summed E-state index contributed by atoms with van der Waals surface area (Å²) in [6, 6.07) is 3.03. The van der Waals surface area contributed by atoms with Gasteiger partial charge < -0.3 is 10.1 Å². The number of amides is 1. The molecular weight excluding hydrogens is 287 g/mol.